The molecule has 1 heterocycles. The van der Waals surface area contributed by atoms with E-state index in [-0.39, 0.29) is 28.4 Å². The van der Waals surface area contributed by atoms with Crippen LogP contribution in [0.5, 0.6) is 5.75 Å². The van der Waals surface area contributed by atoms with E-state index in [0.717, 1.165) is 12.1 Å². The second-order valence-electron chi connectivity index (χ2n) is 6.16. The summed E-state index contributed by atoms with van der Waals surface area (Å²) in [5.41, 5.74) is 0.527. The Morgan fingerprint density at radius 3 is 2.61 bits per heavy atom. The standard InChI is InChI=1S/C19H16ClFN6O4/c1-10(28)23-11-4-6-17(31-2)15(7-11)25-18-13(20)9-22-19(26-18)24-12-3-5-14(21)16(8-12)27(29)30/h3-9H,1-2H3,(H,23,28)(H2,22,24,25,26). The van der Waals surface area contributed by atoms with Crippen LogP contribution in [0, 0.1) is 15.9 Å². The number of hydrogen-bond acceptors (Lipinski definition) is 8. The number of anilines is 5. The number of rotatable bonds is 7. The number of nitrogens with one attached hydrogen (secondary N) is 3. The van der Waals surface area contributed by atoms with Gasteiger partial charge in [0.05, 0.1) is 23.9 Å². The van der Waals surface area contributed by atoms with Crippen LogP contribution in [-0.2, 0) is 4.79 Å². The van der Waals surface area contributed by atoms with E-state index in [0.29, 0.717) is 17.1 Å². The van der Waals surface area contributed by atoms with Crippen molar-refractivity contribution >= 4 is 52.0 Å². The number of methoxy groups -OCH3 is 1. The van der Waals surface area contributed by atoms with Gasteiger partial charge in [0.2, 0.25) is 17.7 Å². The molecule has 0 radical (unpaired) electrons. The zero-order valence-corrected chi connectivity index (χ0v) is 17.0. The predicted molar refractivity (Wildman–Crippen MR) is 114 cm³/mol. The third kappa shape index (κ3) is 5.34. The number of carbonyl (C=O) groups excluding carboxylic acids is 1. The molecule has 0 spiro atoms. The average molecular weight is 447 g/mol. The number of halogens is 2. The van der Waals surface area contributed by atoms with E-state index in [1.165, 1.54) is 26.3 Å². The van der Waals surface area contributed by atoms with E-state index >= 15 is 0 Å². The fourth-order valence-electron chi connectivity index (χ4n) is 2.59. The number of nitro benzene ring substituents is 1. The van der Waals surface area contributed by atoms with Gasteiger partial charge in [-0.25, -0.2) is 4.98 Å². The van der Waals surface area contributed by atoms with E-state index in [1.54, 1.807) is 18.2 Å². The zero-order valence-electron chi connectivity index (χ0n) is 16.3. The van der Waals surface area contributed by atoms with E-state index < -0.39 is 16.4 Å². The van der Waals surface area contributed by atoms with E-state index in [4.69, 9.17) is 16.3 Å². The minimum Gasteiger partial charge on any atom is -0.495 e. The van der Waals surface area contributed by atoms with Crippen molar-refractivity contribution in [1.82, 2.24) is 9.97 Å². The smallest absolute Gasteiger partial charge is 0.306 e. The summed E-state index contributed by atoms with van der Waals surface area (Å²) in [5, 5.41) is 19.5. The summed E-state index contributed by atoms with van der Waals surface area (Å²) >= 11 is 6.19. The molecule has 0 saturated heterocycles. The first-order valence-corrected chi connectivity index (χ1v) is 9.10. The first-order chi connectivity index (χ1) is 14.8. The topological polar surface area (TPSA) is 131 Å². The molecule has 0 bridgehead atoms. The summed E-state index contributed by atoms with van der Waals surface area (Å²) in [5.74, 6) is -0.469. The molecule has 3 rings (SSSR count). The maximum absolute atomic E-state index is 13.5. The molecule has 0 aliphatic rings. The van der Waals surface area contributed by atoms with Gasteiger partial charge >= 0.3 is 5.69 Å². The number of carbonyl (C=O) groups is 1. The molecular weight excluding hydrogens is 431 g/mol. The highest BCUT2D eigenvalue weighted by Gasteiger charge is 2.16. The first kappa shape index (κ1) is 21.7. The van der Waals surface area contributed by atoms with Crippen molar-refractivity contribution in [2.75, 3.05) is 23.1 Å². The zero-order chi connectivity index (χ0) is 22.5. The van der Waals surface area contributed by atoms with Crippen molar-refractivity contribution < 1.29 is 18.8 Å². The minimum atomic E-state index is -0.957. The van der Waals surface area contributed by atoms with E-state index in [9.17, 15) is 19.3 Å². The second kappa shape index (κ2) is 9.22. The molecule has 1 aromatic heterocycles. The molecular formula is C19H16ClFN6O4. The lowest BCUT2D eigenvalue weighted by atomic mass is 10.2. The summed E-state index contributed by atoms with van der Waals surface area (Å²) in [6.07, 6.45) is 1.32. The highest BCUT2D eigenvalue weighted by Crippen LogP contribution is 2.33. The van der Waals surface area contributed by atoms with Crippen molar-refractivity contribution in [1.29, 1.82) is 0 Å². The highest BCUT2D eigenvalue weighted by molar-refractivity contribution is 6.33. The van der Waals surface area contributed by atoms with Crippen LogP contribution < -0.4 is 20.7 Å². The Hall–Kier alpha value is -3.99. The van der Waals surface area contributed by atoms with Crippen LogP contribution in [0.3, 0.4) is 0 Å². The minimum absolute atomic E-state index is 0.0600. The van der Waals surface area contributed by atoms with Crippen LogP contribution in [0.15, 0.2) is 42.6 Å². The molecule has 12 heteroatoms. The van der Waals surface area contributed by atoms with Gasteiger partial charge in [0.15, 0.2) is 5.82 Å². The molecule has 31 heavy (non-hydrogen) atoms. The molecule has 1 amide bonds. The SMILES string of the molecule is COc1ccc(NC(C)=O)cc1Nc1nc(Nc2ccc(F)c([N+](=O)[O-])c2)ncc1Cl. The maximum atomic E-state index is 13.5. The van der Waals surface area contributed by atoms with Crippen LogP contribution in [0.4, 0.5) is 38.9 Å². The molecule has 0 aliphatic carbocycles. The number of benzene rings is 2. The quantitative estimate of drug-likeness (QED) is 0.353. The number of nitrogens with zero attached hydrogens (tertiary/aromatic N) is 3. The Kier molecular flexibility index (Phi) is 6.46. The van der Waals surface area contributed by atoms with Crippen molar-refractivity contribution in [3.63, 3.8) is 0 Å². The lowest BCUT2D eigenvalue weighted by Gasteiger charge is -2.14. The van der Waals surface area contributed by atoms with Crippen LogP contribution in [0.2, 0.25) is 5.02 Å². The van der Waals surface area contributed by atoms with Gasteiger partial charge in [-0.2, -0.15) is 9.37 Å². The fourth-order valence-corrected chi connectivity index (χ4v) is 2.73. The largest absolute Gasteiger partial charge is 0.495 e. The molecule has 10 nitrogen and oxygen atoms in total. The lowest BCUT2D eigenvalue weighted by molar-refractivity contribution is -0.387. The Morgan fingerprint density at radius 2 is 1.94 bits per heavy atom. The lowest BCUT2D eigenvalue weighted by Crippen LogP contribution is -2.07. The van der Waals surface area contributed by atoms with Crippen LogP contribution in [0.25, 0.3) is 0 Å². The number of hydrogen-bond donors (Lipinski definition) is 3. The maximum Gasteiger partial charge on any atom is 0.306 e. The van der Waals surface area contributed by atoms with Crippen molar-refractivity contribution in [2.24, 2.45) is 0 Å². The molecule has 160 valence electrons. The van der Waals surface area contributed by atoms with Crippen LogP contribution >= 0.6 is 11.6 Å². The monoisotopic (exact) mass is 446 g/mol. The Labute approximate surface area is 180 Å². The van der Waals surface area contributed by atoms with Gasteiger partial charge in [-0.3, -0.25) is 14.9 Å². The van der Waals surface area contributed by atoms with Gasteiger partial charge in [0.1, 0.15) is 10.8 Å². The Balaban J connectivity index is 1.89. The van der Waals surface area contributed by atoms with Gasteiger partial charge in [-0.05, 0) is 30.3 Å². The van der Waals surface area contributed by atoms with E-state index in [2.05, 4.69) is 25.9 Å². The molecule has 3 aromatic rings. The Bertz CT molecular complexity index is 1160. The third-order valence-electron chi connectivity index (χ3n) is 3.92. The second-order valence-corrected chi connectivity index (χ2v) is 6.57. The molecule has 0 unspecified atom stereocenters. The summed E-state index contributed by atoms with van der Waals surface area (Å²) in [6, 6.07) is 8.26. The molecule has 0 saturated carbocycles. The summed E-state index contributed by atoms with van der Waals surface area (Å²) in [4.78, 5) is 29.7. The third-order valence-corrected chi connectivity index (χ3v) is 4.19. The molecule has 3 N–H and O–H groups in total. The van der Waals surface area contributed by atoms with Crippen molar-refractivity contribution in [3.8, 4) is 5.75 Å². The number of amides is 1. The van der Waals surface area contributed by atoms with Crippen LogP contribution in [0.1, 0.15) is 6.92 Å². The fraction of sp³-hybridized carbons (Fsp3) is 0.105. The van der Waals surface area contributed by atoms with Gasteiger partial charge < -0.3 is 20.7 Å². The molecule has 0 fully saturated rings. The van der Waals surface area contributed by atoms with E-state index in [1.807, 2.05) is 0 Å². The molecule has 2 aromatic carbocycles. The molecule has 0 atom stereocenters. The molecule has 0 aliphatic heterocycles. The summed E-state index contributed by atoms with van der Waals surface area (Å²) < 4.78 is 18.8. The van der Waals surface area contributed by atoms with Crippen molar-refractivity contribution in [3.05, 3.63) is 63.5 Å². The van der Waals surface area contributed by atoms with Crippen molar-refractivity contribution in [2.45, 2.75) is 6.92 Å². The number of nitro groups is 1. The Morgan fingerprint density at radius 1 is 1.19 bits per heavy atom. The number of ether oxygens (including phenoxy) is 1. The summed E-state index contributed by atoms with van der Waals surface area (Å²) in [6.45, 7) is 1.39. The van der Waals surface area contributed by atoms with Gasteiger partial charge in [0, 0.05) is 24.4 Å². The summed E-state index contributed by atoms with van der Waals surface area (Å²) in [7, 11) is 1.48. The predicted octanol–water partition coefficient (Wildman–Crippen LogP) is 4.63. The van der Waals surface area contributed by atoms with Crippen LogP contribution in [-0.4, -0.2) is 27.9 Å². The number of aromatic nitrogens is 2. The van der Waals surface area contributed by atoms with Gasteiger partial charge in [0.25, 0.3) is 0 Å². The van der Waals surface area contributed by atoms with Gasteiger partial charge in [-0.15, -0.1) is 0 Å². The highest BCUT2D eigenvalue weighted by atomic mass is 35.5. The first-order valence-electron chi connectivity index (χ1n) is 8.73. The normalized spacial score (nSPS) is 10.3. The average Bonchev–Trinajstić information content (AvgIpc) is 2.71. The van der Waals surface area contributed by atoms with Gasteiger partial charge in [-0.1, -0.05) is 11.6 Å².